The maximum absolute atomic E-state index is 11.8. The van der Waals surface area contributed by atoms with Crippen LogP contribution in [0.15, 0.2) is 33.5 Å². The third-order valence-electron chi connectivity index (χ3n) is 2.48. The van der Waals surface area contributed by atoms with Gasteiger partial charge in [0.25, 0.3) is 0 Å². The highest BCUT2D eigenvalue weighted by Crippen LogP contribution is 2.17. The van der Waals surface area contributed by atoms with E-state index in [4.69, 9.17) is 4.42 Å². The molecule has 0 radical (unpaired) electrons. The summed E-state index contributed by atoms with van der Waals surface area (Å²) in [6, 6.07) is 7.35. The molecule has 0 amide bonds. The lowest BCUT2D eigenvalue weighted by Gasteiger charge is -2.04. The highest BCUT2D eigenvalue weighted by molar-refractivity contribution is 5.80. The van der Waals surface area contributed by atoms with Gasteiger partial charge in [0.1, 0.15) is 11.3 Å². The van der Waals surface area contributed by atoms with Gasteiger partial charge in [-0.25, -0.2) is 0 Å². The van der Waals surface area contributed by atoms with Crippen molar-refractivity contribution in [2.75, 3.05) is 0 Å². The lowest BCUT2D eigenvalue weighted by Crippen LogP contribution is -2.03. The first-order valence-corrected chi connectivity index (χ1v) is 6.24. The Kier molecular flexibility index (Phi) is 4.95. The van der Waals surface area contributed by atoms with Crippen molar-refractivity contribution in [3.8, 4) is 0 Å². The quantitative estimate of drug-likeness (QED) is 0.781. The van der Waals surface area contributed by atoms with Crippen molar-refractivity contribution in [3.05, 3.63) is 45.8 Å². The van der Waals surface area contributed by atoms with Crippen molar-refractivity contribution in [2.24, 2.45) is 0 Å². The molecule has 0 saturated carbocycles. The Labute approximate surface area is 102 Å². The summed E-state index contributed by atoms with van der Waals surface area (Å²) in [6.07, 6.45) is 1.96. The van der Waals surface area contributed by atoms with Crippen LogP contribution in [0, 0.1) is 6.92 Å². The number of fused-ring (bicyclic) bond motifs is 1. The fourth-order valence-electron chi connectivity index (χ4n) is 1.88. The molecule has 2 heteroatoms. The van der Waals surface area contributed by atoms with E-state index in [1.54, 1.807) is 13.0 Å². The van der Waals surface area contributed by atoms with Crippen LogP contribution in [0.4, 0.5) is 0 Å². The summed E-state index contributed by atoms with van der Waals surface area (Å²) < 4.78 is 5.53. The Morgan fingerprint density at radius 2 is 1.94 bits per heavy atom. The smallest absolute Gasteiger partial charge is 0.193 e. The number of benzene rings is 1. The van der Waals surface area contributed by atoms with Crippen LogP contribution in [-0.4, -0.2) is 0 Å². The normalized spacial score (nSPS) is 9.88. The zero-order chi connectivity index (χ0) is 12.8. The summed E-state index contributed by atoms with van der Waals surface area (Å²) in [5.74, 6) is 0.668. The molecule has 0 saturated heterocycles. The molecule has 0 spiro atoms. The molecule has 1 heterocycles. The molecule has 1 aromatic carbocycles. The SMILES string of the molecule is CC.CCCc1cccc2oc(C)cc(=O)c12. The predicted molar refractivity (Wildman–Crippen MR) is 72.6 cm³/mol. The fourth-order valence-corrected chi connectivity index (χ4v) is 1.88. The molecule has 0 aliphatic carbocycles. The van der Waals surface area contributed by atoms with E-state index in [1.165, 1.54) is 0 Å². The largest absolute Gasteiger partial charge is 0.461 e. The van der Waals surface area contributed by atoms with E-state index in [-0.39, 0.29) is 5.43 Å². The van der Waals surface area contributed by atoms with Crippen LogP contribution < -0.4 is 5.43 Å². The van der Waals surface area contributed by atoms with Gasteiger partial charge >= 0.3 is 0 Å². The summed E-state index contributed by atoms with van der Waals surface area (Å²) in [5.41, 5.74) is 1.85. The van der Waals surface area contributed by atoms with E-state index in [9.17, 15) is 4.79 Å². The van der Waals surface area contributed by atoms with E-state index < -0.39 is 0 Å². The van der Waals surface area contributed by atoms with Gasteiger partial charge < -0.3 is 4.42 Å². The van der Waals surface area contributed by atoms with Crippen LogP contribution in [0.5, 0.6) is 0 Å². The van der Waals surface area contributed by atoms with Crippen LogP contribution in [0.1, 0.15) is 38.5 Å². The van der Waals surface area contributed by atoms with Crippen molar-refractivity contribution in [3.63, 3.8) is 0 Å². The Morgan fingerprint density at radius 1 is 1.24 bits per heavy atom. The highest BCUT2D eigenvalue weighted by atomic mass is 16.3. The number of hydrogen-bond donors (Lipinski definition) is 0. The lowest BCUT2D eigenvalue weighted by atomic mass is 10.0. The minimum absolute atomic E-state index is 0.0674. The monoisotopic (exact) mass is 232 g/mol. The fraction of sp³-hybridized carbons (Fsp3) is 0.400. The maximum atomic E-state index is 11.8. The zero-order valence-electron chi connectivity index (χ0n) is 11.0. The minimum atomic E-state index is 0.0674. The van der Waals surface area contributed by atoms with E-state index in [0.29, 0.717) is 11.3 Å². The van der Waals surface area contributed by atoms with Gasteiger partial charge in [-0.2, -0.15) is 0 Å². The Hall–Kier alpha value is -1.57. The van der Waals surface area contributed by atoms with E-state index in [0.717, 1.165) is 23.8 Å². The Bertz CT molecular complexity index is 538. The second-order valence-corrected chi connectivity index (χ2v) is 3.76. The first-order valence-electron chi connectivity index (χ1n) is 6.24. The second kappa shape index (κ2) is 6.24. The molecule has 0 unspecified atom stereocenters. The molecular weight excluding hydrogens is 212 g/mol. The van der Waals surface area contributed by atoms with E-state index in [1.807, 2.05) is 32.0 Å². The maximum Gasteiger partial charge on any atom is 0.193 e. The van der Waals surface area contributed by atoms with Crippen molar-refractivity contribution < 1.29 is 4.42 Å². The number of aryl methyl sites for hydroxylation is 2. The van der Waals surface area contributed by atoms with E-state index in [2.05, 4.69) is 6.92 Å². The van der Waals surface area contributed by atoms with Gasteiger partial charge in [-0.05, 0) is 25.0 Å². The highest BCUT2D eigenvalue weighted by Gasteiger charge is 2.06. The van der Waals surface area contributed by atoms with Gasteiger partial charge in [0, 0.05) is 6.07 Å². The number of rotatable bonds is 2. The average molecular weight is 232 g/mol. The molecule has 0 bridgehead atoms. The molecule has 2 nitrogen and oxygen atoms in total. The first kappa shape index (κ1) is 13.5. The molecule has 0 atom stereocenters. The third-order valence-corrected chi connectivity index (χ3v) is 2.48. The van der Waals surface area contributed by atoms with Crippen LogP contribution in [0.25, 0.3) is 11.0 Å². The molecular formula is C15H20O2. The van der Waals surface area contributed by atoms with Gasteiger partial charge in [-0.3, -0.25) is 4.79 Å². The van der Waals surface area contributed by atoms with Gasteiger partial charge in [0.15, 0.2) is 5.43 Å². The standard InChI is InChI=1S/C13H14O2.C2H6/c1-3-5-10-6-4-7-12-13(10)11(14)8-9(2)15-12;1-2/h4,6-8H,3,5H2,1-2H3;1-2H3. The molecule has 0 N–H and O–H groups in total. The predicted octanol–water partition coefficient (Wildman–Crippen LogP) is 4.08. The van der Waals surface area contributed by atoms with Crippen molar-refractivity contribution in [2.45, 2.75) is 40.5 Å². The van der Waals surface area contributed by atoms with E-state index >= 15 is 0 Å². The minimum Gasteiger partial charge on any atom is -0.461 e. The summed E-state index contributed by atoms with van der Waals surface area (Å²) in [7, 11) is 0. The van der Waals surface area contributed by atoms with Crippen LogP contribution in [0.2, 0.25) is 0 Å². The number of hydrogen-bond acceptors (Lipinski definition) is 2. The molecule has 92 valence electrons. The van der Waals surface area contributed by atoms with Crippen LogP contribution >= 0.6 is 0 Å². The molecule has 2 rings (SSSR count). The van der Waals surface area contributed by atoms with Gasteiger partial charge in [-0.15, -0.1) is 0 Å². The van der Waals surface area contributed by atoms with Gasteiger partial charge in [0.05, 0.1) is 5.39 Å². The Balaban J connectivity index is 0.000000686. The van der Waals surface area contributed by atoms with Gasteiger partial charge in [-0.1, -0.05) is 39.3 Å². The van der Waals surface area contributed by atoms with Gasteiger partial charge in [0.2, 0.25) is 0 Å². The Morgan fingerprint density at radius 3 is 2.59 bits per heavy atom. The topological polar surface area (TPSA) is 30.2 Å². The summed E-state index contributed by atoms with van der Waals surface area (Å²) in [5, 5.41) is 0.741. The second-order valence-electron chi connectivity index (χ2n) is 3.76. The van der Waals surface area contributed by atoms with Crippen LogP contribution in [0.3, 0.4) is 0 Å². The third kappa shape index (κ3) is 2.96. The van der Waals surface area contributed by atoms with Crippen molar-refractivity contribution in [1.82, 2.24) is 0 Å². The average Bonchev–Trinajstić information content (AvgIpc) is 2.31. The molecule has 0 aliphatic rings. The van der Waals surface area contributed by atoms with Crippen LogP contribution in [-0.2, 0) is 6.42 Å². The zero-order valence-corrected chi connectivity index (χ0v) is 11.0. The molecule has 0 aliphatic heterocycles. The molecule has 2 aromatic rings. The molecule has 1 aromatic heterocycles. The summed E-state index contributed by atoms with van der Waals surface area (Å²) in [6.45, 7) is 7.90. The van der Waals surface area contributed by atoms with Crippen molar-refractivity contribution in [1.29, 1.82) is 0 Å². The molecule has 0 fully saturated rings. The first-order chi connectivity index (χ1) is 8.22. The summed E-state index contributed by atoms with van der Waals surface area (Å²) >= 11 is 0. The molecule has 17 heavy (non-hydrogen) atoms. The summed E-state index contributed by atoms with van der Waals surface area (Å²) in [4.78, 5) is 11.8. The van der Waals surface area contributed by atoms with Crippen molar-refractivity contribution >= 4 is 11.0 Å². The lowest BCUT2D eigenvalue weighted by molar-refractivity contribution is 0.564.